The molecule has 110 valence electrons. The van der Waals surface area contributed by atoms with Crippen LogP contribution in [-0.2, 0) is 6.54 Å². The van der Waals surface area contributed by atoms with E-state index in [4.69, 9.17) is 0 Å². The lowest BCUT2D eigenvalue weighted by Gasteiger charge is -2.28. The van der Waals surface area contributed by atoms with E-state index in [1.165, 1.54) is 32.1 Å². The maximum atomic E-state index is 13.4. The van der Waals surface area contributed by atoms with Crippen molar-refractivity contribution in [3.8, 4) is 0 Å². The fourth-order valence-electron chi connectivity index (χ4n) is 3.48. The van der Waals surface area contributed by atoms with Gasteiger partial charge in [-0.2, -0.15) is 0 Å². The normalized spacial score (nSPS) is 23.7. The van der Waals surface area contributed by atoms with Crippen molar-refractivity contribution in [1.82, 2.24) is 15.2 Å². The molecule has 5 heteroatoms. The van der Waals surface area contributed by atoms with Crippen LogP contribution in [0.15, 0.2) is 12.3 Å². The van der Waals surface area contributed by atoms with Crippen LogP contribution in [0.4, 0.5) is 10.2 Å². The largest absolute Gasteiger partial charge is 0.355 e. The maximum absolute atomic E-state index is 13.4. The van der Waals surface area contributed by atoms with E-state index in [2.05, 4.69) is 20.1 Å². The van der Waals surface area contributed by atoms with Gasteiger partial charge in [0.25, 0.3) is 0 Å². The van der Waals surface area contributed by atoms with Gasteiger partial charge in [0.1, 0.15) is 11.6 Å². The number of aromatic nitrogens is 1. The molecule has 2 saturated heterocycles. The number of hydrogen-bond acceptors (Lipinski definition) is 4. The lowest BCUT2D eigenvalue weighted by Crippen LogP contribution is -2.37. The molecule has 4 nitrogen and oxygen atoms in total. The Labute approximate surface area is 120 Å². The molecule has 2 aliphatic rings. The molecule has 1 unspecified atom stereocenters. The van der Waals surface area contributed by atoms with Crippen LogP contribution in [-0.4, -0.2) is 49.2 Å². The van der Waals surface area contributed by atoms with Gasteiger partial charge in [0.05, 0.1) is 6.20 Å². The van der Waals surface area contributed by atoms with Crippen LogP contribution in [0.1, 0.15) is 24.8 Å². The van der Waals surface area contributed by atoms with Crippen molar-refractivity contribution >= 4 is 5.82 Å². The topological polar surface area (TPSA) is 31.4 Å². The number of fused-ring (bicyclic) bond motifs is 1. The fourth-order valence-corrected chi connectivity index (χ4v) is 3.48. The van der Waals surface area contributed by atoms with E-state index in [-0.39, 0.29) is 5.82 Å². The average molecular weight is 278 g/mol. The van der Waals surface area contributed by atoms with Crippen LogP contribution in [0.3, 0.4) is 0 Å². The molecule has 0 amide bonds. The summed E-state index contributed by atoms with van der Waals surface area (Å²) < 4.78 is 13.4. The standard InChI is InChI=1S/C15H23FN4/c1-17-9-12-8-13(16)10-18-15(12)20-7-3-6-19-5-2-4-14(19)11-20/h8,10,14,17H,2-7,9,11H2,1H3. The van der Waals surface area contributed by atoms with Crippen LogP contribution in [0.5, 0.6) is 0 Å². The molecule has 0 aromatic carbocycles. The Hall–Kier alpha value is -1.20. The van der Waals surface area contributed by atoms with Crippen LogP contribution in [0.2, 0.25) is 0 Å². The van der Waals surface area contributed by atoms with Crippen molar-refractivity contribution in [2.45, 2.75) is 31.8 Å². The summed E-state index contributed by atoms with van der Waals surface area (Å²) in [4.78, 5) is 9.32. The van der Waals surface area contributed by atoms with Gasteiger partial charge in [-0.15, -0.1) is 0 Å². The van der Waals surface area contributed by atoms with Crippen molar-refractivity contribution in [2.24, 2.45) is 0 Å². The van der Waals surface area contributed by atoms with Gasteiger partial charge in [-0.25, -0.2) is 9.37 Å². The molecule has 1 N–H and O–H groups in total. The molecule has 0 spiro atoms. The maximum Gasteiger partial charge on any atom is 0.141 e. The van der Waals surface area contributed by atoms with E-state index >= 15 is 0 Å². The molecule has 1 atom stereocenters. The summed E-state index contributed by atoms with van der Waals surface area (Å²) in [6, 6.07) is 2.25. The molecule has 1 aromatic rings. The minimum atomic E-state index is -0.253. The molecule has 3 heterocycles. The van der Waals surface area contributed by atoms with Gasteiger partial charge in [-0.3, -0.25) is 4.90 Å². The van der Waals surface area contributed by atoms with Crippen molar-refractivity contribution < 1.29 is 4.39 Å². The Bertz CT molecular complexity index is 465. The minimum Gasteiger partial charge on any atom is -0.355 e. The lowest BCUT2D eigenvalue weighted by atomic mass is 10.2. The number of nitrogens with one attached hydrogen (secondary N) is 1. The summed E-state index contributed by atoms with van der Waals surface area (Å²) in [5.41, 5.74) is 0.957. The number of nitrogens with zero attached hydrogens (tertiary/aromatic N) is 3. The molecule has 2 aliphatic heterocycles. The predicted octanol–water partition coefficient (Wildman–Crippen LogP) is 1.61. The summed E-state index contributed by atoms with van der Waals surface area (Å²) in [6.45, 7) is 5.12. The van der Waals surface area contributed by atoms with Crippen LogP contribution in [0, 0.1) is 5.82 Å². The summed E-state index contributed by atoms with van der Waals surface area (Å²) >= 11 is 0. The number of hydrogen-bond donors (Lipinski definition) is 1. The monoisotopic (exact) mass is 278 g/mol. The Morgan fingerprint density at radius 1 is 1.35 bits per heavy atom. The quantitative estimate of drug-likeness (QED) is 0.910. The summed E-state index contributed by atoms with van der Waals surface area (Å²) in [7, 11) is 1.88. The first kappa shape index (κ1) is 13.8. The smallest absolute Gasteiger partial charge is 0.141 e. The zero-order valence-corrected chi connectivity index (χ0v) is 12.1. The second-order valence-corrected chi connectivity index (χ2v) is 5.80. The molecule has 1 aromatic heterocycles. The van der Waals surface area contributed by atoms with E-state index in [1.807, 2.05) is 7.05 Å². The molecule has 0 aliphatic carbocycles. The van der Waals surface area contributed by atoms with Crippen LogP contribution >= 0.6 is 0 Å². The minimum absolute atomic E-state index is 0.253. The zero-order valence-electron chi connectivity index (χ0n) is 12.1. The molecule has 2 fully saturated rings. The molecular formula is C15H23FN4. The molecule has 20 heavy (non-hydrogen) atoms. The number of pyridine rings is 1. The van der Waals surface area contributed by atoms with E-state index in [0.29, 0.717) is 12.6 Å². The molecular weight excluding hydrogens is 255 g/mol. The van der Waals surface area contributed by atoms with Gasteiger partial charge >= 0.3 is 0 Å². The van der Waals surface area contributed by atoms with Crippen molar-refractivity contribution in [1.29, 1.82) is 0 Å². The third kappa shape index (κ3) is 2.79. The van der Waals surface area contributed by atoms with Gasteiger partial charge in [0, 0.05) is 37.8 Å². The highest BCUT2D eigenvalue weighted by Crippen LogP contribution is 2.26. The number of anilines is 1. The Morgan fingerprint density at radius 3 is 3.05 bits per heavy atom. The first-order chi connectivity index (χ1) is 9.78. The van der Waals surface area contributed by atoms with Crippen molar-refractivity contribution in [3.05, 3.63) is 23.6 Å². The SMILES string of the molecule is CNCc1cc(F)cnc1N1CCCN2CCCC2C1. The first-order valence-electron chi connectivity index (χ1n) is 7.56. The Morgan fingerprint density at radius 2 is 2.20 bits per heavy atom. The van der Waals surface area contributed by atoms with Crippen LogP contribution < -0.4 is 10.2 Å². The summed E-state index contributed by atoms with van der Waals surface area (Å²) in [5, 5.41) is 3.11. The third-order valence-corrected chi connectivity index (χ3v) is 4.38. The van der Waals surface area contributed by atoms with E-state index < -0.39 is 0 Å². The van der Waals surface area contributed by atoms with Crippen LogP contribution in [0.25, 0.3) is 0 Å². The fraction of sp³-hybridized carbons (Fsp3) is 0.667. The third-order valence-electron chi connectivity index (χ3n) is 4.38. The Kier molecular flexibility index (Phi) is 4.17. The predicted molar refractivity (Wildman–Crippen MR) is 78.4 cm³/mol. The Balaban J connectivity index is 1.83. The first-order valence-corrected chi connectivity index (χ1v) is 7.56. The average Bonchev–Trinajstić information content (AvgIpc) is 2.77. The molecule has 0 bridgehead atoms. The van der Waals surface area contributed by atoms with Crippen molar-refractivity contribution in [3.63, 3.8) is 0 Å². The van der Waals surface area contributed by atoms with Gasteiger partial charge in [-0.1, -0.05) is 0 Å². The number of rotatable bonds is 3. The molecule has 0 saturated carbocycles. The second-order valence-electron chi connectivity index (χ2n) is 5.80. The zero-order chi connectivity index (χ0) is 13.9. The second kappa shape index (κ2) is 6.06. The molecule has 0 radical (unpaired) electrons. The summed E-state index contributed by atoms with van der Waals surface area (Å²) in [5.74, 6) is 0.700. The van der Waals surface area contributed by atoms with E-state index in [0.717, 1.165) is 30.9 Å². The lowest BCUT2D eigenvalue weighted by molar-refractivity contribution is 0.273. The van der Waals surface area contributed by atoms with E-state index in [1.54, 1.807) is 6.07 Å². The highest BCUT2D eigenvalue weighted by atomic mass is 19.1. The number of halogens is 1. The molecule has 3 rings (SSSR count). The van der Waals surface area contributed by atoms with Gasteiger partial charge in [0.15, 0.2) is 0 Å². The highest BCUT2D eigenvalue weighted by molar-refractivity contribution is 5.47. The highest BCUT2D eigenvalue weighted by Gasteiger charge is 2.29. The van der Waals surface area contributed by atoms with Gasteiger partial charge in [0.2, 0.25) is 0 Å². The van der Waals surface area contributed by atoms with Gasteiger partial charge in [-0.05, 0) is 38.9 Å². The van der Waals surface area contributed by atoms with Crippen molar-refractivity contribution in [2.75, 3.05) is 38.1 Å². The van der Waals surface area contributed by atoms with E-state index in [9.17, 15) is 4.39 Å². The van der Waals surface area contributed by atoms with Gasteiger partial charge < -0.3 is 10.2 Å². The summed E-state index contributed by atoms with van der Waals surface area (Å²) in [6.07, 6.45) is 5.08.